The van der Waals surface area contributed by atoms with Crippen LogP contribution in [-0.4, -0.2) is 66.2 Å². The van der Waals surface area contributed by atoms with Crippen molar-refractivity contribution < 1.29 is 28.5 Å². The van der Waals surface area contributed by atoms with Crippen molar-refractivity contribution in [3.8, 4) is 59.5 Å². The number of pyridine rings is 2. The smallest absolute Gasteiger partial charge is 0.249 e. The molecule has 4 heterocycles. The van der Waals surface area contributed by atoms with Crippen molar-refractivity contribution in [2.24, 2.45) is 0 Å². The molecule has 6 aromatic rings. The first-order chi connectivity index (χ1) is 25.8. The van der Waals surface area contributed by atoms with Crippen molar-refractivity contribution in [2.75, 3.05) is 26.4 Å². The van der Waals surface area contributed by atoms with Gasteiger partial charge in [0.2, 0.25) is 11.8 Å². The molecule has 4 aromatic heterocycles. The van der Waals surface area contributed by atoms with Gasteiger partial charge in [-0.1, -0.05) is 24.0 Å². The summed E-state index contributed by atoms with van der Waals surface area (Å²) in [7, 11) is 0. The highest BCUT2D eigenvalue weighted by Crippen LogP contribution is 2.22. The molecule has 264 valence electrons. The predicted octanol–water partition coefficient (Wildman–Crippen LogP) is 4.97. The highest BCUT2D eigenvalue weighted by Gasteiger charge is 2.13. The van der Waals surface area contributed by atoms with E-state index in [1.807, 2.05) is 52.9 Å². The largest absolute Gasteiger partial charge is 0.473 e. The summed E-state index contributed by atoms with van der Waals surface area (Å²) in [6.45, 7) is -0.110. The molecular formula is C38H27F2IN8O4. The average molecular weight is 825 g/mol. The molecule has 0 aliphatic carbocycles. The lowest BCUT2D eigenvalue weighted by atomic mass is 10.2. The van der Waals surface area contributed by atoms with Crippen LogP contribution < -0.4 is 9.47 Å². The van der Waals surface area contributed by atoms with E-state index >= 15 is 0 Å². The van der Waals surface area contributed by atoms with Crippen LogP contribution >= 0.6 is 22.6 Å². The van der Waals surface area contributed by atoms with Gasteiger partial charge >= 0.3 is 0 Å². The number of nitriles is 2. The highest BCUT2D eigenvalue weighted by molar-refractivity contribution is 14.1. The number of hydrogen-bond donors (Lipinski definition) is 2. The number of aliphatic hydroxyl groups is 2. The number of terminal acetylenes is 1. The number of rotatable bonds is 8. The minimum Gasteiger partial charge on any atom is -0.473 e. The van der Waals surface area contributed by atoms with Gasteiger partial charge in [-0.05, 0) is 89.2 Å². The third-order valence-corrected chi connectivity index (χ3v) is 7.07. The van der Waals surface area contributed by atoms with Gasteiger partial charge in [-0.2, -0.15) is 10.5 Å². The van der Waals surface area contributed by atoms with Crippen molar-refractivity contribution in [1.29, 1.82) is 10.5 Å². The Morgan fingerprint density at radius 1 is 0.717 bits per heavy atom. The number of hydrogen-bond acceptors (Lipinski definition) is 10. The molecule has 53 heavy (non-hydrogen) atoms. The van der Waals surface area contributed by atoms with E-state index in [4.69, 9.17) is 36.6 Å². The van der Waals surface area contributed by atoms with Gasteiger partial charge in [-0.15, -0.1) is 16.6 Å². The summed E-state index contributed by atoms with van der Waals surface area (Å²) in [5.74, 6) is 7.73. The van der Waals surface area contributed by atoms with E-state index in [2.05, 4.69) is 37.9 Å². The summed E-state index contributed by atoms with van der Waals surface area (Å²) < 4.78 is 41.2. The van der Waals surface area contributed by atoms with Crippen LogP contribution in [0.4, 0.5) is 8.78 Å². The molecule has 0 amide bonds. The normalized spacial score (nSPS) is 9.70. The van der Waals surface area contributed by atoms with E-state index in [1.54, 1.807) is 43.0 Å². The van der Waals surface area contributed by atoms with Crippen LogP contribution in [0.2, 0.25) is 0 Å². The van der Waals surface area contributed by atoms with Gasteiger partial charge in [0.15, 0.2) is 0 Å². The molecule has 6 rings (SSSR count). The van der Waals surface area contributed by atoms with Gasteiger partial charge in [-0.25, -0.2) is 28.1 Å². The minimum absolute atomic E-state index is 0.0435. The van der Waals surface area contributed by atoms with Crippen LogP contribution in [0.5, 0.6) is 11.8 Å². The Bertz CT molecular complexity index is 2320. The Balaban J connectivity index is 0.000000202. The summed E-state index contributed by atoms with van der Waals surface area (Å²) >= 11 is 2.03. The van der Waals surface area contributed by atoms with Gasteiger partial charge in [0, 0.05) is 18.6 Å². The summed E-state index contributed by atoms with van der Waals surface area (Å²) in [5.41, 5.74) is 2.91. The molecule has 0 atom stereocenters. The quantitative estimate of drug-likeness (QED) is 0.158. The topological polar surface area (TPSA) is 168 Å². The zero-order valence-electron chi connectivity index (χ0n) is 27.6. The van der Waals surface area contributed by atoms with Crippen molar-refractivity contribution in [2.45, 2.75) is 0 Å². The maximum absolute atomic E-state index is 13.7. The molecule has 0 aliphatic heterocycles. The number of nitrogens with zero attached hydrogens (tertiary/aromatic N) is 8. The second kappa shape index (κ2) is 20.3. The molecule has 0 aliphatic rings. The molecule has 0 bridgehead atoms. The Morgan fingerprint density at radius 2 is 1.25 bits per heavy atom. The number of ether oxygens (including phenoxy) is 2. The molecule has 2 N–H and O–H groups in total. The monoisotopic (exact) mass is 824 g/mol. The maximum Gasteiger partial charge on any atom is 0.249 e. The van der Waals surface area contributed by atoms with E-state index in [9.17, 15) is 8.78 Å². The van der Waals surface area contributed by atoms with Gasteiger partial charge in [-0.3, -0.25) is 0 Å². The van der Waals surface area contributed by atoms with Crippen molar-refractivity contribution in [3.63, 3.8) is 0 Å². The summed E-state index contributed by atoms with van der Waals surface area (Å²) in [5, 5.41) is 43.8. The summed E-state index contributed by atoms with van der Waals surface area (Å²) in [6.07, 6.45) is 11.6. The van der Waals surface area contributed by atoms with Crippen LogP contribution in [0.1, 0.15) is 28.1 Å². The van der Waals surface area contributed by atoms with Gasteiger partial charge < -0.3 is 19.7 Å². The molecule has 0 saturated heterocycles. The summed E-state index contributed by atoms with van der Waals surface area (Å²) in [6, 6.07) is 22.5. The van der Waals surface area contributed by atoms with E-state index in [1.165, 1.54) is 33.6 Å². The molecule has 2 aromatic carbocycles. The minimum atomic E-state index is -0.548. The van der Waals surface area contributed by atoms with Crippen LogP contribution in [0.25, 0.3) is 11.4 Å². The Hall–Kier alpha value is -6.63. The fourth-order valence-electron chi connectivity index (χ4n) is 4.09. The number of halogens is 3. The Morgan fingerprint density at radius 3 is 1.74 bits per heavy atom. The van der Waals surface area contributed by atoms with Crippen molar-refractivity contribution in [3.05, 3.63) is 141 Å². The van der Waals surface area contributed by atoms with Gasteiger partial charge in [0.1, 0.15) is 41.8 Å². The first kappa shape index (κ1) is 39.2. The van der Waals surface area contributed by atoms with Crippen LogP contribution in [0, 0.1) is 62.1 Å². The second-order valence-corrected chi connectivity index (χ2v) is 11.3. The Labute approximate surface area is 316 Å². The standard InChI is InChI=1S/C19H13FN4O2.C12H9FIN3O2.C7H5N/c20-16-9-14(12-21)10-18(11-16)24-13-15(19(23-24)26-8-7-25)4-5-17-3-1-2-6-22-17;13-9-3-8(6-15)4-10(5-9)17-7-11(14)12(16-17)19-2-1-18;1-2-7-5-3-4-6-8-7/h1-3,6,9-11,13,25H,7-8H2;3-5,7,18H,1-2H2;1,3-6H. The van der Waals surface area contributed by atoms with E-state index in [0.717, 1.165) is 15.7 Å². The van der Waals surface area contributed by atoms with E-state index in [-0.39, 0.29) is 43.4 Å². The fraction of sp³-hybridized carbons (Fsp3) is 0.105. The van der Waals surface area contributed by atoms with E-state index in [0.29, 0.717) is 34.2 Å². The zero-order chi connectivity index (χ0) is 38.0. The van der Waals surface area contributed by atoms with Crippen molar-refractivity contribution >= 4 is 22.6 Å². The first-order valence-corrected chi connectivity index (χ1v) is 16.4. The third-order valence-electron chi connectivity index (χ3n) is 6.33. The van der Waals surface area contributed by atoms with Crippen molar-refractivity contribution in [1.82, 2.24) is 29.5 Å². The molecule has 0 unspecified atom stereocenters. The van der Waals surface area contributed by atoms with Gasteiger partial charge in [0.25, 0.3) is 0 Å². The van der Waals surface area contributed by atoms with Crippen LogP contribution in [0.3, 0.4) is 0 Å². The Kier molecular flexibility index (Phi) is 15.0. The molecular weight excluding hydrogens is 797 g/mol. The fourth-order valence-corrected chi connectivity index (χ4v) is 4.62. The number of aromatic nitrogens is 6. The number of benzene rings is 2. The SMILES string of the molecule is C#Cc1ccccn1.N#Cc1cc(F)cc(-n2cc(C#Cc3ccccn3)c(OCCO)n2)c1.N#Cc1cc(F)cc(-n2cc(I)c(OCCO)n2)c1. The highest BCUT2D eigenvalue weighted by atomic mass is 127. The lowest BCUT2D eigenvalue weighted by molar-refractivity contribution is 0.195. The summed E-state index contributed by atoms with van der Waals surface area (Å²) in [4.78, 5) is 7.98. The van der Waals surface area contributed by atoms with Crippen LogP contribution in [-0.2, 0) is 0 Å². The zero-order valence-corrected chi connectivity index (χ0v) is 29.7. The van der Waals surface area contributed by atoms with Crippen LogP contribution in [0.15, 0.2) is 97.6 Å². The lowest BCUT2D eigenvalue weighted by Crippen LogP contribution is -2.04. The second-order valence-electron chi connectivity index (χ2n) is 10.1. The molecule has 15 heteroatoms. The first-order valence-electron chi connectivity index (χ1n) is 15.3. The molecule has 0 spiro atoms. The molecule has 0 radical (unpaired) electrons. The molecule has 0 fully saturated rings. The third kappa shape index (κ3) is 12.0. The molecule has 0 saturated carbocycles. The van der Waals surface area contributed by atoms with Gasteiger partial charge in [0.05, 0.1) is 57.6 Å². The number of aliphatic hydroxyl groups excluding tert-OH is 2. The van der Waals surface area contributed by atoms with E-state index < -0.39 is 11.6 Å². The molecule has 12 nitrogen and oxygen atoms in total. The maximum atomic E-state index is 13.7. The lowest BCUT2D eigenvalue weighted by Gasteiger charge is -2.02. The predicted molar refractivity (Wildman–Crippen MR) is 197 cm³/mol. The average Bonchev–Trinajstić information content (AvgIpc) is 3.78.